The first-order valence-corrected chi connectivity index (χ1v) is 6.19. The van der Waals surface area contributed by atoms with Crippen LogP contribution in [0.1, 0.15) is 22.3 Å². The third kappa shape index (κ3) is 1.83. The fourth-order valence-electron chi connectivity index (χ4n) is 2.46. The Balaban J connectivity index is 2.03. The monoisotopic (exact) mass is 251 g/mol. The number of carbonyl (C=O) groups excluding carboxylic acids is 2. The molecule has 0 radical (unpaired) electrons. The highest BCUT2D eigenvalue weighted by Gasteiger charge is 2.50. The summed E-state index contributed by atoms with van der Waals surface area (Å²) in [6.45, 7) is 0. The van der Waals surface area contributed by atoms with E-state index in [-0.39, 0.29) is 18.1 Å². The van der Waals surface area contributed by atoms with Crippen molar-refractivity contribution in [3.63, 3.8) is 0 Å². The predicted molar refractivity (Wildman–Crippen MR) is 71.7 cm³/mol. The minimum atomic E-state index is -0.889. The van der Waals surface area contributed by atoms with Crippen molar-refractivity contribution in [2.24, 2.45) is 0 Å². The highest BCUT2D eigenvalue weighted by molar-refractivity contribution is 6.11. The van der Waals surface area contributed by atoms with Crippen molar-refractivity contribution in [2.45, 2.75) is 12.0 Å². The van der Waals surface area contributed by atoms with E-state index >= 15 is 0 Å². The zero-order chi connectivity index (χ0) is 13.3. The summed E-state index contributed by atoms with van der Waals surface area (Å²) in [7, 11) is 0. The third-order valence-electron chi connectivity index (χ3n) is 3.47. The summed E-state index contributed by atoms with van der Waals surface area (Å²) in [4.78, 5) is 24.0. The lowest BCUT2D eigenvalue weighted by Crippen LogP contribution is -2.63. The number of ketones is 1. The molecule has 3 rings (SSSR count). The Labute approximate surface area is 111 Å². The first-order valence-electron chi connectivity index (χ1n) is 6.19. The minimum absolute atomic E-state index is 0.0566. The molecule has 1 atom stereocenters. The fraction of sp³-hybridized carbons (Fsp3) is 0.125. The molecule has 1 aliphatic rings. The molecule has 3 heteroatoms. The van der Waals surface area contributed by atoms with E-state index in [1.165, 1.54) is 0 Å². The van der Waals surface area contributed by atoms with Crippen LogP contribution in [-0.2, 0) is 10.3 Å². The van der Waals surface area contributed by atoms with Gasteiger partial charge in [0.2, 0.25) is 5.91 Å². The van der Waals surface area contributed by atoms with Gasteiger partial charge in [-0.05, 0) is 5.56 Å². The quantitative estimate of drug-likeness (QED) is 0.672. The average Bonchev–Trinajstić information content (AvgIpc) is 2.45. The molecule has 1 aliphatic heterocycles. The standard InChI is InChI=1S/C16H13NO2/c18-14-11-16(17-14,13-9-5-2-6-10-13)15(19)12-7-3-1-4-8-12/h1-10H,11H2,(H,17,18). The first kappa shape index (κ1) is 11.7. The van der Waals surface area contributed by atoms with Crippen LogP contribution in [0.5, 0.6) is 0 Å². The molecule has 2 aromatic rings. The predicted octanol–water partition coefficient (Wildman–Crippen LogP) is 2.28. The van der Waals surface area contributed by atoms with Gasteiger partial charge in [-0.3, -0.25) is 9.59 Å². The number of rotatable bonds is 3. The normalized spacial score (nSPS) is 21.4. The van der Waals surface area contributed by atoms with Crippen molar-refractivity contribution in [1.82, 2.24) is 5.32 Å². The van der Waals surface area contributed by atoms with Crippen molar-refractivity contribution in [2.75, 3.05) is 0 Å². The molecule has 3 nitrogen and oxygen atoms in total. The van der Waals surface area contributed by atoms with Crippen molar-refractivity contribution >= 4 is 11.7 Å². The fourth-order valence-corrected chi connectivity index (χ4v) is 2.46. The summed E-state index contributed by atoms with van der Waals surface area (Å²) in [5.74, 6) is -0.146. The van der Waals surface area contributed by atoms with Gasteiger partial charge in [-0.25, -0.2) is 0 Å². The molecular formula is C16H13NO2. The Bertz CT molecular complexity index is 612. The summed E-state index contributed by atoms with van der Waals surface area (Å²) in [5, 5.41) is 2.78. The molecule has 1 unspecified atom stereocenters. The SMILES string of the molecule is O=C1CC(C(=O)c2ccccc2)(c2ccccc2)N1. The molecule has 19 heavy (non-hydrogen) atoms. The van der Waals surface area contributed by atoms with Crippen LogP contribution in [0.25, 0.3) is 0 Å². The van der Waals surface area contributed by atoms with E-state index in [9.17, 15) is 9.59 Å². The van der Waals surface area contributed by atoms with Crippen LogP contribution in [0.15, 0.2) is 60.7 Å². The maximum atomic E-state index is 12.7. The number of hydrogen-bond donors (Lipinski definition) is 1. The van der Waals surface area contributed by atoms with Gasteiger partial charge < -0.3 is 5.32 Å². The van der Waals surface area contributed by atoms with Crippen LogP contribution in [0.2, 0.25) is 0 Å². The molecule has 0 aliphatic carbocycles. The van der Waals surface area contributed by atoms with Gasteiger partial charge in [-0.1, -0.05) is 60.7 Å². The molecule has 1 N–H and O–H groups in total. The highest BCUT2D eigenvalue weighted by Crippen LogP contribution is 2.35. The van der Waals surface area contributed by atoms with E-state index in [1.54, 1.807) is 12.1 Å². The van der Waals surface area contributed by atoms with Gasteiger partial charge in [0.25, 0.3) is 0 Å². The van der Waals surface area contributed by atoms with Crippen LogP contribution in [0.4, 0.5) is 0 Å². The summed E-state index contributed by atoms with van der Waals surface area (Å²) in [6.07, 6.45) is 0.213. The van der Waals surface area contributed by atoms with Crippen molar-refractivity contribution < 1.29 is 9.59 Å². The number of amides is 1. The Kier molecular flexibility index (Phi) is 2.67. The van der Waals surface area contributed by atoms with E-state index in [0.29, 0.717) is 5.56 Å². The van der Waals surface area contributed by atoms with Gasteiger partial charge in [0, 0.05) is 5.56 Å². The van der Waals surface area contributed by atoms with Crippen LogP contribution in [-0.4, -0.2) is 11.7 Å². The summed E-state index contributed by atoms with van der Waals surface area (Å²) >= 11 is 0. The summed E-state index contributed by atoms with van der Waals surface area (Å²) < 4.78 is 0. The number of benzene rings is 2. The molecule has 1 heterocycles. The van der Waals surface area contributed by atoms with Gasteiger partial charge in [0.05, 0.1) is 6.42 Å². The molecule has 0 spiro atoms. The summed E-state index contributed by atoms with van der Waals surface area (Å²) in [6, 6.07) is 18.5. The maximum Gasteiger partial charge on any atom is 0.224 e. The van der Waals surface area contributed by atoms with Crippen LogP contribution >= 0.6 is 0 Å². The molecule has 1 fully saturated rings. The average molecular weight is 251 g/mol. The smallest absolute Gasteiger partial charge is 0.224 e. The second-order valence-electron chi connectivity index (χ2n) is 4.69. The second-order valence-corrected chi connectivity index (χ2v) is 4.69. The number of hydrogen-bond acceptors (Lipinski definition) is 2. The molecular weight excluding hydrogens is 238 g/mol. The zero-order valence-electron chi connectivity index (χ0n) is 10.3. The van der Waals surface area contributed by atoms with Crippen molar-refractivity contribution in [3.8, 4) is 0 Å². The lowest BCUT2D eigenvalue weighted by Gasteiger charge is -2.41. The number of nitrogens with one attached hydrogen (secondary N) is 1. The molecule has 0 bridgehead atoms. The van der Waals surface area contributed by atoms with Crippen LogP contribution in [0, 0.1) is 0 Å². The van der Waals surface area contributed by atoms with E-state index in [0.717, 1.165) is 5.56 Å². The molecule has 0 saturated carbocycles. The lowest BCUT2D eigenvalue weighted by atomic mass is 9.74. The Hall–Kier alpha value is -2.42. The van der Waals surface area contributed by atoms with Gasteiger partial charge in [0.15, 0.2) is 5.78 Å². The topological polar surface area (TPSA) is 46.2 Å². The Morgan fingerprint density at radius 1 is 0.947 bits per heavy atom. The van der Waals surface area contributed by atoms with Gasteiger partial charge >= 0.3 is 0 Å². The largest absolute Gasteiger partial charge is 0.339 e. The first-order chi connectivity index (χ1) is 9.22. The lowest BCUT2D eigenvalue weighted by molar-refractivity contribution is -0.131. The van der Waals surface area contributed by atoms with Crippen LogP contribution in [0.3, 0.4) is 0 Å². The van der Waals surface area contributed by atoms with E-state index in [2.05, 4.69) is 5.32 Å². The zero-order valence-corrected chi connectivity index (χ0v) is 10.3. The van der Waals surface area contributed by atoms with Gasteiger partial charge in [0.1, 0.15) is 5.54 Å². The Morgan fingerprint density at radius 3 is 2.00 bits per heavy atom. The molecule has 1 amide bonds. The van der Waals surface area contributed by atoms with Gasteiger partial charge in [-0.15, -0.1) is 0 Å². The van der Waals surface area contributed by atoms with E-state index in [1.807, 2.05) is 48.5 Å². The molecule has 1 saturated heterocycles. The van der Waals surface area contributed by atoms with Crippen molar-refractivity contribution in [1.29, 1.82) is 0 Å². The molecule has 2 aromatic carbocycles. The van der Waals surface area contributed by atoms with E-state index < -0.39 is 5.54 Å². The summed E-state index contributed by atoms with van der Waals surface area (Å²) in [5.41, 5.74) is 0.564. The van der Waals surface area contributed by atoms with E-state index in [4.69, 9.17) is 0 Å². The number of carbonyl (C=O) groups is 2. The molecule has 0 aromatic heterocycles. The number of Topliss-reactive ketones (excluding diaryl/α,β-unsaturated/α-hetero) is 1. The van der Waals surface area contributed by atoms with Crippen LogP contribution < -0.4 is 5.32 Å². The van der Waals surface area contributed by atoms with Gasteiger partial charge in [-0.2, -0.15) is 0 Å². The highest BCUT2D eigenvalue weighted by atomic mass is 16.2. The number of β-lactam (4-membered cyclic amide) rings is 1. The molecule has 94 valence electrons. The maximum absolute atomic E-state index is 12.7. The van der Waals surface area contributed by atoms with Crippen molar-refractivity contribution in [3.05, 3.63) is 71.8 Å². The second kappa shape index (κ2) is 4.35. The Morgan fingerprint density at radius 2 is 1.47 bits per heavy atom. The minimum Gasteiger partial charge on any atom is -0.339 e. The third-order valence-corrected chi connectivity index (χ3v) is 3.47.